The van der Waals surface area contributed by atoms with Gasteiger partial charge < -0.3 is 14.6 Å². The number of rotatable bonds is 3. The van der Waals surface area contributed by atoms with Crippen molar-refractivity contribution in [2.24, 2.45) is 7.05 Å². The Labute approximate surface area is 112 Å². The molecule has 1 atom stereocenters. The molecule has 0 saturated heterocycles. The highest BCUT2D eigenvalue weighted by Crippen LogP contribution is 2.22. The Morgan fingerprint density at radius 3 is 2.53 bits per heavy atom. The molecule has 1 heterocycles. The number of benzene rings is 1. The minimum absolute atomic E-state index is 0.0879. The van der Waals surface area contributed by atoms with Crippen molar-refractivity contribution in [1.29, 1.82) is 0 Å². The molecule has 1 aromatic heterocycles. The molecule has 1 N–H and O–H groups in total. The van der Waals surface area contributed by atoms with Crippen LogP contribution >= 0.6 is 0 Å². The minimum Gasteiger partial charge on any atom is -0.508 e. The average Bonchev–Trinajstić information content (AvgIpc) is 2.84. The maximum atomic E-state index is 12.2. The van der Waals surface area contributed by atoms with E-state index in [1.165, 1.54) is 0 Å². The topological polar surface area (TPSA) is 58.4 Å². The Hall–Kier alpha value is -2.30. The molecule has 0 aliphatic heterocycles. The molecule has 0 radical (unpaired) electrons. The first kappa shape index (κ1) is 13.1. The quantitative estimate of drug-likeness (QED) is 0.916. The van der Waals surface area contributed by atoms with E-state index in [0.29, 0.717) is 5.69 Å². The fourth-order valence-corrected chi connectivity index (χ4v) is 1.86. The van der Waals surface area contributed by atoms with Crippen LogP contribution in [-0.4, -0.2) is 32.5 Å². The molecule has 2 rings (SSSR count). The van der Waals surface area contributed by atoms with Crippen molar-refractivity contribution in [3.63, 3.8) is 0 Å². The van der Waals surface area contributed by atoms with Crippen molar-refractivity contribution in [2.45, 2.75) is 13.0 Å². The first-order valence-corrected chi connectivity index (χ1v) is 6.03. The fraction of sp³-hybridized carbons (Fsp3) is 0.286. The van der Waals surface area contributed by atoms with Crippen molar-refractivity contribution in [1.82, 2.24) is 14.5 Å². The number of aryl methyl sites for hydroxylation is 1. The molecule has 1 unspecified atom stereocenters. The molecule has 2 aromatic rings. The number of phenolic OH excluding ortho intramolecular Hbond substituents is 1. The van der Waals surface area contributed by atoms with Gasteiger partial charge in [0.1, 0.15) is 11.4 Å². The molecule has 0 saturated carbocycles. The summed E-state index contributed by atoms with van der Waals surface area (Å²) in [6, 6.07) is 6.76. The Kier molecular flexibility index (Phi) is 3.55. The number of carbonyl (C=O) groups is 1. The molecule has 19 heavy (non-hydrogen) atoms. The lowest BCUT2D eigenvalue weighted by molar-refractivity contribution is 0.0737. The molecule has 0 aliphatic rings. The van der Waals surface area contributed by atoms with Crippen LogP contribution in [0.1, 0.15) is 29.0 Å². The third-order valence-electron chi connectivity index (χ3n) is 3.20. The van der Waals surface area contributed by atoms with Crippen LogP contribution < -0.4 is 0 Å². The molecule has 0 spiro atoms. The predicted octanol–water partition coefficient (Wildman–Crippen LogP) is 1.96. The molecule has 5 heteroatoms. The largest absolute Gasteiger partial charge is 0.508 e. The van der Waals surface area contributed by atoms with E-state index in [2.05, 4.69) is 4.98 Å². The Balaban J connectivity index is 2.16. The summed E-state index contributed by atoms with van der Waals surface area (Å²) in [4.78, 5) is 17.9. The highest BCUT2D eigenvalue weighted by molar-refractivity contribution is 5.92. The summed E-state index contributed by atoms with van der Waals surface area (Å²) >= 11 is 0. The zero-order chi connectivity index (χ0) is 14.0. The van der Waals surface area contributed by atoms with Crippen LogP contribution in [-0.2, 0) is 7.05 Å². The van der Waals surface area contributed by atoms with Crippen molar-refractivity contribution in [3.05, 3.63) is 48.0 Å². The predicted molar refractivity (Wildman–Crippen MR) is 71.8 cm³/mol. The number of hydrogen-bond acceptors (Lipinski definition) is 3. The van der Waals surface area contributed by atoms with Crippen LogP contribution in [0.15, 0.2) is 36.8 Å². The number of amides is 1. The average molecular weight is 259 g/mol. The van der Waals surface area contributed by atoms with E-state index in [4.69, 9.17) is 0 Å². The number of hydrogen-bond donors (Lipinski definition) is 1. The first-order chi connectivity index (χ1) is 8.99. The zero-order valence-corrected chi connectivity index (χ0v) is 11.2. The highest BCUT2D eigenvalue weighted by Gasteiger charge is 2.20. The van der Waals surface area contributed by atoms with Gasteiger partial charge in [-0.3, -0.25) is 4.79 Å². The highest BCUT2D eigenvalue weighted by atomic mass is 16.3. The Morgan fingerprint density at radius 2 is 2.00 bits per heavy atom. The standard InChI is InChI=1S/C14H17N3O2/c1-10(11-4-6-12(18)7-5-11)17(3)14(19)13-8-16(2)9-15-13/h4-10,18H,1-3H3. The molecular weight excluding hydrogens is 242 g/mol. The van der Waals surface area contributed by atoms with Crippen LogP contribution in [0.5, 0.6) is 5.75 Å². The van der Waals surface area contributed by atoms with Crippen molar-refractivity contribution in [2.75, 3.05) is 7.05 Å². The number of aromatic nitrogens is 2. The minimum atomic E-state index is -0.124. The third kappa shape index (κ3) is 2.76. The zero-order valence-electron chi connectivity index (χ0n) is 11.2. The maximum absolute atomic E-state index is 12.2. The number of carbonyl (C=O) groups excluding carboxylic acids is 1. The molecule has 5 nitrogen and oxygen atoms in total. The van der Waals surface area contributed by atoms with Gasteiger partial charge in [0.2, 0.25) is 0 Å². The SMILES string of the molecule is CC(c1ccc(O)cc1)N(C)C(=O)c1cn(C)cn1. The van der Waals surface area contributed by atoms with Gasteiger partial charge in [0.15, 0.2) is 0 Å². The van der Waals surface area contributed by atoms with E-state index >= 15 is 0 Å². The van der Waals surface area contributed by atoms with Gasteiger partial charge in [0.25, 0.3) is 5.91 Å². The molecular formula is C14H17N3O2. The van der Waals surface area contributed by atoms with Gasteiger partial charge in [0, 0.05) is 20.3 Å². The van der Waals surface area contributed by atoms with E-state index < -0.39 is 0 Å². The van der Waals surface area contributed by atoms with Crippen molar-refractivity contribution >= 4 is 5.91 Å². The van der Waals surface area contributed by atoms with Gasteiger partial charge in [-0.25, -0.2) is 4.98 Å². The molecule has 1 amide bonds. The lowest BCUT2D eigenvalue weighted by Crippen LogP contribution is -2.29. The second kappa shape index (κ2) is 5.14. The smallest absolute Gasteiger partial charge is 0.274 e. The number of imidazole rings is 1. The van der Waals surface area contributed by atoms with Gasteiger partial charge >= 0.3 is 0 Å². The van der Waals surface area contributed by atoms with E-state index in [-0.39, 0.29) is 17.7 Å². The summed E-state index contributed by atoms with van der Waals surface area (Å²) in [5.74, 6) is 0.0934. The number of aromatic hydroxyl groups is 1. The van der Waals surface area contributed by atoms with Crippen LogP contribution in [0.3, 0.4) is 0 Å². The lowest BCUT2D eigenvalue weighted by Gasteiger charge is -2.24. The second-order valence-corrected chi connectivity index (χ2v) is 4.61. The van der Waals surface area contributed by atoms with Gasteiger partial charge in [-0.05, 0) is 24.6 Å². The molecule has 0 aliphatic carbocycles. The summed E-state index contributed by atoms with van der Waals surface area (Å²) in [6.07, 6.45) is 3.30. The number of phenols is 1. The van der Waals surface area contributed by atoms with Crippen LogP contribution in [0.2, 0.25) is 0 Å². The van der Waals surface area contributed by atoms with Gasteiger partial charge in [-0.15, -0.1) is 0 Å². The summed E-state index contributed by atoms with van der Waals surface area (Å²) in [6.45, 7) is 1.94. The monoisotopic (exact) mass is 259 g/mol. The molecule has 100 valence electrons. The summed E-state index contributed by atoms with van der Waals surface area (Å²) in [7, 11) is 3.57. The summed E-state index contributed by atoms with van der Waals surface area (Å²) in [5, 5.41) is 9.27. The van der Waals surface area contributed by atoms with Crippen LogP contribution in [0.25, 0.3) is 0 Å². The Morgan fingerprint density at radius 1 is 1.37 bits per heavy atom. The summed E-state index contributed by atoms with van der Waals surface area (Å²) < 4.78 is 1.74. The first-order valence-electron chi connectivity index (χ1n) is 6.03. The van der Waals surface area contributed by atoms with Crippen molar-refractivity contribution in [3.8, 4) is 5.75 Å². The van der Waals surface area contributed by atoms with Gasteiger partial charge in [-0.2, -0.15) is 0 Å². The van der Waals surface area contributed by atoms with E-state index in [1.54, 1.807) is 41.2 Å². The van der Waals surface area contributed by atoms with Gasteiger partial charge in [-0.1, -0.05) is 12.1 Å². The van der Waals surface area contributed by atoms with E-state index in [0.717, 1.165) is 5.56 Å². The Bertz CT molecular complexity index is 575. The van der Waals surface area contributed by atoms with Gasteiger partial charge in [0.05, 0.1) is 12.4 Å². The van der Waals surface area contributed by atoms with Crippen LogP contribution in [0.4, 0.5) is 0 Å². The molecule has 0 fully saturated rings. The van der Waals surface area contributed by atoms with E-state index in [9.17, 15) is 9.90 Å². The summed E-state index contributed by atoms with van der Waals surface area (Å²) in [5.41, 5.74) is 1.39. The fourth-order valence-electron chi connectivity index (χ4n) is 1.86. The second-order valence-electron chi connectivity index (χ2n) is 4.61. The number of nitrogens with zero attached hydrogens (tertiary/aromatic N) is 3. The maximum Gasteiger partial charge on any atom is 0.274 e. The molecule has 1 aromatic carbocycles. The third-order valence-corrected chi connectivity index (χ3v) is 3.20. The normalized spacial score (nSPS) is 12.2. The molecule has 0 bridgehead atoms. The van der Waals surface area contributed by atoms with E-state index in [1.807, 2.05) is 26.1 Å². The van der Waals surface area contributed by atoms with Crippen LogP contribution in [0, 0.1) is 0 Å². The van der Waals surface area contributed by atoms with Crippen molar-refractivity contribution < 1.29 is 9.90 Å². The lowest BCUT2D eigenvalue weighted by atomic mass is 10.1.